The lowest BCUT2D eigenvalue weighted by atomic mass is 10.3. The van der Waals surface area contributed by atoms with E-state index in [-0.39, 0.29) is 24.3 Å². The number of aromatic amines is 1. The molecule has 2 N–H and O–H groups in total. The Hall–Kier alpha value is -4.61. The third kappa shape index (κ3) is 4.22. The number of carbonyl (C=O) groups excluding carboxylic acids is 1. The van der Waals surface area contributed by atoms with Gasteiger partial charge in [-0.15, -0.1) is 5.10 Å². The van der Waals surface area contributed by atoms with E-state index >= 15 is 0 Å². The van der Waals surface area contributed by atoms with Gasteiger partial charge in [-0.3, -0.25) is 14.4 Å². The van der Waals surface area contributed by atoms with Crippen molar-refractivity contribution in [3.63, 3.8) is 0 Å². The molecule has 0 saturated carbocycles. The van der Waals surface area contributed by atoms with E-state index in [0.717, 1.165) is 15.3 Å². The standard InChI is InChI=1S/C19H16N8O4/c28-16-7-6-15(26-12-20-11-22-26)24-25(16)9-8-21-18(30)14-10-17(29)27(19(31)23-14)13-4-2-1-3-5-13/h1-7,10-12H,8-9H2,(H,21,30)(H,23,31). The van der Waals surface area contributed by atoms with E-state index in [0.29, 0.717) is 11.5 Å². The summed E-state index contributed by atoms with van der Waals surface area (Å²) in [6.07, 6.45) is 2.77. The van der Waals surface area contributed by atoms with Gasteiger partial charge in [0, 0.05) is 18.7 Å². The average molecular weight is 420 g/mol. The molecule has 4 aromatic rings. The summed E-state index contributed by atoms with van der Waals surface area (Å²) in [5.74, 6) is -0.271. The Kier molecular flexibility index (Phi) is 5.34. The number of H-pyrrole nitrogens is 1. The first-order valence-electron chi connectivity index (χ1n) is 9.16. The van der Waals surface area contributed by atoms with Crippen LogP contribution in [0.5, 0.6) is 0 Å². The van der Waals surface area contributed by atoms with Gasteiger partial charge in [0.05, 0.1) is 12.2 Å². The third-order valence-corrected chi connectivity index (χ3v) is 4.31. The first-order chi connectivity index (χ1) is 15.0. The fraction of sp³-hybridized carbons (Fsp3) is 0.105. The number of nitrogens with zero attached hydrogens (tertiary/aromatic N) is 6. The van der Waals surface area contributed by atoms with Crippen molar-refractivity contribution in [2.75, 3.05) is 6.54 Å². The molecular weight excluding hydrogens is 404 g/mol. The first-order valence-corrected chi connectivity index (χ1v) is 9.16. The smallest absolute Gasteiger partial charge is 0.333 e. The average Bonchev–Trinajstić information content (AvgIpc) is 3.30. The topological polar surface area (TPSA) is 150 Å². The molecular formula is C19H16N8O4. The van der Waals surface area contributed by atoms with Crippen LogP contribution in [0.1, 0.15) is 10.5 Å². The van der Waals surface area contributed by atoms with Crippen molar-refractivity contribution in [3.05, 3.63) is 98.1 Å². The highest BCUT2D eigenvalue weighted by molar-refractivity contribution is 5.92. The van der Waals surface area contributed by atoms with Crippen LogP contribution >= 0.6 is 0 Å². The minimum absolute atomic E-state index is 0.0380. The number of carbonyl (C=O) groups is 1. The summed E-state index contributed by atoms with van der Waals surface area (Å²) in [5.41, 5.74) is -1.53. The van der Waals surface area contributed by atoms with Crippen LogP contribution in [0, 0.1) is 0 Å². The molecule has 156 valence electrons. The molecule has 0 radical (unpaired) electrons. The zero-order chi connectivity index (χ0) is 21.8. The highest BCUT2D eigenvalue weighted by Crippen LogP contribution is 2.01. The second-order valence-corrected chi connectivity index (χ2v) is 6.35. The van der Waals surface area contributed by atoms with E-state index < -0.39 is 17.2 Å². The summed E-state index contributed by atoms with van der Waals surface area (Å²) in [7, 11) is 0. The van der Waals surface area contributed by atoms with Gasteiger partial charge in [-0.05, 0) is 18.2 Å². The monoisotopic (exact) mass is 420 g/mol. The highest BCUT2D eigenvalue weighted by Gasteiger charge is 2.12. The molecule has 0 fully saturated rings. The predicted octanol–water partition coefficient (Wildman–Crippen LogP) is -0.907. The number of nitrogens with one attached hydrogen (secondary N) is 2. The minimum atomic E-state index is -0.734. The molecule has 0 aliphatic rings. The molecule has 0 spiro atoms. The van der Waals surface area contributed by atoms with E-state index in [4.69, 9.17) is 0 Å². The number of rotatable bonds is 6. The van der Waals surface area contributed by atoms with E-state index in [1.54, 1.807) is 30.3 Å². The molecule has 0 bridgehead atoms. The lowest BCUT2D eigenvalue weighted by Gasteiger charge is -2.09. The molecule has 3 heterocycles. The Balaban J connectivity index is 1.47. The van der Waals surface area contributed by atoms with Crippen molar-refractivity contribution >= 4 is 5.91 Å². The molecule has 0 atom stereocenters. The summed E-state index contributed by atoms with van der Waals surface area (Å²) in [6, 6.07) is 12.2. The first kappa shape index (κ1) is 19.7. The van der Waals surface area contributed by atoms with Crippen LogP contribution in [0.2, 0.25) is 0 Å². The van der Waals surface area contributed by atoms with Gasteiger partial charge < -0.3 is 10.3 Å². The number of aromatic nitrogens is 7. The lowest BCUT2D eigenvalue weighted by Crippen LogP contribution is -2.38. The van der Waals surface area contributed by atoms with Crippen molar-refractivity contribution in [1.82, 2.24) is 39.4 Å². The number of benzene rings is 1. The van der Waals surface area contributed by atoms with Gasteiger partial charge >= 0.3 is 5.69 Å². The Morgan fingerprint density at radius 1 is 1.03 bits per heavy atom. The second kappa shape index (κ2) is 8.41. The maximum absolute atomic E-state index is 12.4. The van der Waals surface area contributed by atoms with Gasteiger partial charge in [-0.25, -0.2) is 23.7 Å². The van der Waals surface area contributed by atoms with Crippen LogP contribution in [0.15, 0.2) is 75.6 Å². The molecule has 1 amide bonds. The molecule has 4 rings (SSSR count). The van der Waals surface area contributed by atoms with Crippen LogP contribution in [0.25, 0.3) is 11.5 Å². The molecule has 1 aromatic carbocycles. The van der Waals surface area contributed by atoms with Crippen LogP contribution < -0.4 is 22.1 Å². The zero-order valence-electron chi connectivity index (χ0n) is 16.0. The van der Waals surface area contributed by atoms with E-state index in [9.17, 15) is 19.2 Å². The number of hydrogen-bond acceptors (Lipinski definition) is 7. The molecule has 3 aromatic heterocycles. The summed E-state index contributed by atoms with van der Waals surface area (Å²) >= 11 is 0. The van der Waals surface area contributed by atoms with Crippen molar-refractivity contribution in [3.8, 4) is 11.5 Å². The quantitative estimate of drug-likeness (QED) is 0.410. The van der Waals surface area contributed by atoms with Crippen molar-refractivity contribution in [2.24, 2.45) is 0 Å². The largest absolute Gasteiger partial charge is 0.349 e. The maximum Gasteiger partial charge on any atom is 0.333 e. The molecule has 12 heteroatoms. The molecule has 0 aliphatic carbocycles. The summed E-state index contributed by atoms with van der Waals surface area (Å²) in [5, 5.41) is 10.7. The third-order valence-electron chi connectivity index (χ3n) is 4.31. The van der Waals surface area contributed by atoms with Crippen molar-refractivity contribution in [1.29, 1.82) is 0 Å². The van der Waals surface area contributed by atoms with E-state index in [1.807, 2.05) is 0 Å². The Morgan fingerprint density at radius 2 is 1.84 bits per heavy atom. The van der Waals surface area contributed by atoms with Gasteiger partial charge in [-0.2, -0.15) is 5.10 Å². The van der Waals surface area contributed by atoms with E-state index in [1.165, 1.54) is 29.5 Å². The predicted molar refractivity (Wildman–Crippen MR) is 108 cm³/mol. The van der Waals surface area contributed by atoms with Crippen molar-refractivity contribution < 1.29 is 4.79 Å². The Bertz CT molecular complexity index is 1360. The molecule has 12 nitrogen and oxygen atoms in total. The normalized spacial score (nSPS) is 10.7. The fourth-order valence-electron chi connectivity index (χ4n) is 2.86. The minimum Gasteiger partial charge on any atom is -0.349 e. The molecule has 0 aliphatic heterocycles. The number of para-hydroxylation sites is 1. The molecule has 0 unspecified atom stereocenters. The Labute approximate surface area is 173 Å². The van der Waals surface area contributed by atoms with Crippen LogP contribution in [0.4, 0.5) is 0 Å². The maximum atomic E-state index is 12.4. The Morgan fingerprint density at radius 3 is 2.55 bits per heavy atom. The van der Waals surface area contributed by atoms with Gasteiger partial charge in [0.1, 0.15) is 18.3 Å². The summed E-state index contributed by atoms with van der Waals surface area (Å²) < 4.78 is 3.48. The zero-order valence-corrected chi connectivity index (χ0v) is 16.0. The fourth-order valence-corrected chi connectivity index (χ4v) is 2.86. The highest BCUT2D eigenvalue weighted by atomic mass is 16.2. The second-order valence-electron chi connectivity index (χ2n) is 6.35. The lowest BCUT2D eigenvalue weighted by molar-refractivity contribution is 0.0946. The molecule has 0 saturated heterocycles. The number of amides is 1. The van der Waals surface area contributed by atoms with Crippen LogP contribution in [-0.2, 0) is 6.54 Å². The van der Waals surface area contributed by atoms with E-state index in [2.05, 4.69) is 25.5 Å². The van der Waals surface area contributed by atoms with Gasteiger partial charge in [0.15, 0.2) is 5.82 Å². The van der Waals surface area contributed by atoms with Gasteiger partial charge in [0.2, 0.25) is 0 Å². The van der Waals surface area contributed by atoms with Crippen molar-refractivity contribution in [2.45, 2.75) is 6.54 Å². The SMILES string of the molecule is O=C(NCCn1nc(-n2cncn2)ccc1=O)c1cc(=O)n(-c2ccccc2)c(=O)[nH]1. The number of hydrogen-bond donors (Lipinski definition) is 2. The summed E-state index contributed by atoms with van der Waals surface area (Å²) in [4.78, 5) is 55.2. The van der Waals surface area contributed by atoms with Gasteiger partial charge in [-0.1, -0.05) is 18.2 Å². The van der Waals surface area contributed by atoms with Crippen LogP contribution in [0.3, 0.4) is 0 Å². The van der Waals surface area contributed by atoms with Gasteiger partial charge in [0.25, 0.3) is 17.0 Å². The summed E-state index contributed by atoms with van der Waals surface area (Å²) in [6.45, 7) is 0.106. The van der Waals surface area contributed by atoms with Crippen LogP contribution in [-0.4, -0.2) is 46.5 Å². The molecule has 31 heavy (non-hydrogen) atoms.